The van der Waals surface area contributed by atoms with E-state index in [2.05, 4.69) is 13.8 Å². The molecular formula is C48H97NO8P+. The molecule has 346 valence electrons. The van der Waals surface area contributed by atoms with Gasteiger partial charge in [0.05, 0.1) is 27.7 Å². The fourth-order valence-electron chi connectivity index (χ4n) is 7.25. The number of carbonyl (C=O) groups is 2. The summed E-state index contributed by atoms with van der Waals surface area (Å²) in [6.07, 6.45) is 42.9. The zero-order valence-corrected chi connectivity index (χ0v) is 40.0. The highest BCUT2D eigenvalue weighted by atomic mass is 31.2. The van der Waals surface area contributed by atoms with Gasteiger partial charge in [-0.2, -0.15) is 0 Å². The SMILES string of the molecule is CCCCCCCCCCCCCCCCCCCCCCC(=O)OC(COC(=O)CCCCCCCCCCCCCCCC)COP(=O)(O)OCC[N+](C)(C)C. The Morgan fingerprint density at radius 3 is 1.10 bits per heavy atom. The molecule has 0 aliphatic heterocycles. The largest absolute Gasteiger partial charge is 0.472 e. The van der Waals surface area contributed by atoms with Crippen molar-refractivity contribution in [2.24, 2.45) is 0 Å². The molecule has 0 aliphatic carbocycles. The van der Waals surface area contributed by atoms with E-state index in [-0.39, 0.29) is 25.6 Å². The third-order valence-corrected chi connectivity index (χ3v) is 12.1. The molecule has 10 heteroatoms. The Balaban J connectivity index is 4.21. The van der Waals surface area contributed by atoms with Crippen molar-refractivity contribution in [1.82, 2.24) is 0 Å². The standard InChI is InChI=1S/C48H96NO8P/c1-6-8-10-12-14-16-18-20-22-23-24-25-26-27-29-31-33-35-37-39-41-48(51)57-46(45-56-58(52,53)55-43-42-49(3,4)5)44-54-47(50)40-38-36-34-32-30-28-21-19-17-15-13-11-9-7-2/h46H,6-45H2,1-5H3/p+1. The van der Waals surface area contributed by atoms with E-state index < -0.39 is 26.5 Å². The van der Waals surface area contributed by atoms with Gasteiger partial charge >= 0.3 is 19.8 Å². The number of carbonyl (C=O) groups excluding carboxylic acids is 2. The highest BCUT2D eigenvalue weighted by Crippen LogP contribution is 2.43. The average molecular weight is 847 g/mol. The molecule has 0 aromatic rings. The van der Waals surface area contributed by atoms with Crippen molar-refractivity contribution in [1.29, 1.82) is 0 Å². The number of hydrogen-bond donors (Lipinski definition) is 1. The van der Waals surface area contributed by atoms with Crippen LogP contribution in [-0.2, 0) is 32.7 Å². The second-order valence-electron chi connectivity index (χ2n) is 18.2. The minimum absolute atomic E-state index is 0.0371. The molecule has 0 saturated heterocycles. The molecule has 0 aromatic carbocycles. The maximum Gasteiger partial charge on any atom is 0.472 e. The number of phosphoric ester groups is 1. The molecule has 9 nitrogen and oxygen atoms in total. The Hall–Kier alpha value is -0.990. The van der Waals surface area contributed by atoms with Gasteiger partial charge in [-0.15, -0.1) is 0 Å². The minimum Gasteiger partial charge on any atom is -0.462 e. The number of ether oxygens (including phenoxy) is 2. The first-order chi connectivity index (χ1) is 28.0. The summed E-state index contributed by atoms with van der Waals surface area (Å²) in [6.45, 7) is 4.48. The van der Waals surface area contributed by atoms with Crippen LogP contribution < -0.4 is 0 Å². The lowest BCUT2D eigenvalue weighted by atomic mass is 10.0. The Morgan fingerprint density at radius 2 is 0.776 bits per heavy atom. The molecule has 0 rings (SSSR count). The Labute approximate surface area is 359 Å². The van der Waals surface area contributed by atoms with Gasteiger partial charge in [0, 0.05) is 12.8 Å². The van der Waals surface area contributed by atoms with Gasteiger partial charge in [-0.25, -0.2) is 4.57 Å². The third-order valence-electron chi connectivity index (χ3n) is 11.1. The smallest absolute Gasteiger partial charge is 0.462 e. The highest BCUT2D eigenvalue weighted by Gasteiger charge is 2.27. The average Bonchev–Trinajstić information content (AvgIpc) is 3.17. The highest BCUT2D eigenvalue weighted by molar-refractivity contribution is 7.47. The summed E-state index contributed by atoms with van der Waals surface area (Å²) >= 11 is 0. The van der Waals surface area contributed by atoms with E-state index in [1.165, 1.54) is 180 Å². The molecule has 0 spiro atoms. The Morgan fingerprint density at radius 1 is 0.466 bits per heavy atom. The Bertz CT molecular complexity index is 958. The van der Waals surface area contributed by atoms with Crippen molar-refractivity contribution < 1.29 is 42.1 Å². The zero-order chi connectivity index (χ0) is 42.8. The van der Waals surface area contributed by atoms with E-state index in [4.69, 9.17) is 18.5 Å². The molecule has 1 N–H and O–H groups in total. The minimum atomic E-state index is -4.37. The summed E-state index contributed by atoms with van der Waals surface area (Å²) in [6, 6.07) is 0. The number of nitrogens with zero attached hydrogens (tertiary/aromatic N) is 1. The van der Waals surface area contributed by atoms with Crippen LogP contribution in [0.5, 0.6) is 0 Å². The number of phosphoric acid groups is 1. The first-order valence-corrected chi connectivity index (χ1v) is 26.3. The van der Waals surface area contributed by atoms with Crippen LogP contribution in [0.15, 0.2) is 0 Å². The van der Waals surface area contributed by atoms with Gasteiger partial charge in [0.2, 0.25) is 0 Å². The second-order valence-corrected chi connectivity index (χ2v) is 19.7. The topological polar surface area (TPSA) is 108 Å². The molecule has 0 fully saturated rings. The molecule has 0 radical (unpaired) electrons. The number of esters is 2. The normalized spacial score (nSPS) is 13.4. The third kappa shape index (κ3) is 44.6. The summed E-state index contributed by atoms with van der Waals surface area (Å²) in [7, 11) is 1.50. The van der Waals surface area contributed by atoms with Crippen LogP contribution in [0.1, 0.15) is 245 Å². The number of likely N-dealkylation sites (N-methyl/N-ethyl adjacent to an activating group) is 1. The van der Waals surface area contributed by atoms with Crippen molar-refractivity contribution in [2.75, 3.05) is 47.5 Å². The monoisotopic (exact) mass is 847 g/mol. The van der Waals surface area contributed by atoms with Gasteiger partial charge in [-0.3, -0.25) is 18.6 Å². The molecule has 0 aromatic heterocycles. The first kappa shape index (κ1) is 57.0. The summed E-state index contributed by atoms with van der Waals surface area (Å²) in [5, 5.41) is 0. The molecule has 0 bridgehead atoms. The maximum absolute atomic E-state index is 12.7. The lowest BCUT2D eigenvalue weighted by molar-refractivity contribution is -0.870. The molecule has 58 heavy (non-hydrogen) atoms. The molecular weight excluding hydrogens is 750 g/mol. The van der Waals surface area contributed by atoms with E-state index in [0.29, 0.717) is 17.4 Å². The number of unbranched alkanes of at least 4 members (excludes halogenated alkanes) is 32. The van der Waals surface area contributed by atoms with Crippen LogP contribution in [-0.4, -0.2) is 74.9 Å². The van der Waals surface area contributed by atoms with Gasteiger partial charge in [-0.05, 0) is 12.8 Å². The molecule has 0 heterocycles. The predicted octanol–water partition coefficient (Wildman–Crippen LogP) is 14.4. The lowest BCUT2D eigenvalue weighted by Gasteiger charge is -2.24. The fraction of sp³-hybridized carbons (Fsp3) is 0.958. The van der Waals surface area contributed by atoms with Crippen molar-refractivity contribution in [3.8, 4) is 0 Å². The molecule has 2 unspecified atom stereocenters. The van der Waals surface area contributed by atoms with E-state index in [1.807, 2.05) is 21.1 Å². The summed E-state index contributed by atoms with van der Waals surface area (Å²) in [5.41, 5.74) is 0. The lowest BCUT2D eigenvalue weighted by Crippen LogP contribution is -2.37. The van der Waals surface area contributed by atoms with Crippen LogP contribution in [0.25, 0.3) is 0 Å². The number of hydrogen-bond acceptors (Lipinski definition) is 7. The number of quaternary nitrogens is 1. The van der Waals surface area contributed by atoms with Crippen LogP contribution in [0.2, 0.25) is 0 Å². The quantitative estimate of drug-likeness (QED) is 0.0279. The fourth-order valence-corrected chi connectivity index (χ4v) is 7.99. The van der Waals surface area contributed by atoms with Gasteiger partial charge < -0.3 is 18.9 Å². The van der Waals surface area contributed by atoms with Crippen molar-refractivity contribution in [3.05, 3.63) is 0 Å². The van der Waals surface area contributed by atoms with E-state index in [9.17, 15) is 19.0 Å². The van der Waals surface area contributed by atoms with Crippen LogP contribution in [0.3, 0.4) is 0 Å². The van der Waals surface area contributed by atoms with Crippen LogP contribution in [0, 0.1) is 0 Å². The van der Waals surface area contributed by atoms with E-state index >= 15 is 0 Å². The summed E-state index contributed by atoms with van der Waals surface area (Å²) < 4.78 is 34.4. The van der Waals surface area contributed by atoms with Gasteiger partial charge in [-0.1, -0.05) is 219 Å². The molecule has 0 aliphatic rings. The maximum atomic E-state index is 12.7. The van der Waals surface area contributed by atoms with Crippen LogP contribution in [0.4, 0.5) is 0 Å². The molecule has 0 amide bonds. The first-order valence-electron chi connectivity index (χ1n) is 24.8. The van der Waals surface area contributed by atoms with Crippen molar-refractivity contribution in [3.63, 3.8) is 0 Å². The van der Waals surface area contributed by atoms with Crippen molar-refractivity contribution in [2.45, 2.75) is 251 Å². The predicted molar refractivity (Wildman–Crippen MR) is 243 cm³/mol. The summed E-state index contributed by atoms with van der Waals surface area (Å²) in [4.78, 5) is 35.5. The van der Waals surface area contributed by atoms with Crippen LogP contribution >= 0.6 is 7.82 Å². The summed E-state index contributed by atoms with van der Waals surface area (Å²) in [5.74, 6) is -0.779. The van der Waals surface area contributed by atoms with Gasteiger partial charge in [0.1, 0.15) is 19.8 Å². The Kier molecular flexibility index (Phi) is 40.7. The molecule has 2 atom stereocenters. The second kappa shape index (κ2) is 41.4. The number of rotatable bonds is 46. The van der Waals surface area contributed by atoms with E-state index in [1.54, 1.807) is 0 Å². The van der Waals surface area contributed by atoms with Gasteiger partial charge in [0.15, 0.2) is 6.10 Å². The zero-order valence-electron chi connectivity index (χ0n) is 39.1. The molecule has 0 saturated carbocycles. The van der Waals surface area contributed by atoms with Crippen molar-refractivity contribution >= 4 is 19.8 Å². The van der Waals surface area contributed by atoms with Gasteiger partial charge in [0.25, 0.3) is 0 Å². The van der Waals surface area contributed by atoms with E-state index in [0.717, 1.165) is 38.5 Å².